The van der Waals surface area contributed by atoms with Crippen LogP contribution in [0.2, 0.25) is 0 Å². The van der Waals surface area contributed by atoms with Crippen LogP contribution in [0.15, 0.2) is 22.9 Å². The SMILES string of the molecule is FC(F)(F)C[C@H](c1cccnc1Br)N1CCNCC1. The first-order valence-corrected chi connectivity index (χ1v) is 6.88. The maximum Gasteiger partial charge on any atom is 0.390 e. The van der Waals surface area contributed by atoms with Gasteiger partial charge in [0.25, 0.3) is 0 Å². The van der Waals surface area contributed by atoms with Gasteiger partial charge in [0.15, 0.2) is 0 Å². The fraction of sp³-hybridized carbons (Fsp3) is 0.583. The molecule has 1 N–H and O–H groups in total. The molecule has 1 atom stereocenters. The van der Waals surface area contributed by atoms with E-state index >= 15 is 0 Å². The molecule has 3 nitrogen and oxygen atoms in total. The first kappa shape index (κ1) is 14.7. The van der Waals surface area contributed by atoms with Gasteiger partial charge in [-0.2, -0.15) is 13.2 Å². The average Bonchev–Trinajstić information content (AvgIpc) is 2.37. The van der Waals surface area contributed by atoms with Crippen molar-refractivity contribution < 1.29 is 13.2 Å². The van der Waals surface area contributed by atoms with Crippen LogP contribution in [0, 0.1) is 0 Å². The Balaban J connectivity index is 2.25. The highest BCUT2D eigenvalue weighted by molar-refractivity contribution is 9.10. The summed E-state index contributed by atoms with van der Waals surface area (Å²) in [5.74, 6) is 0. The summed E-state index contributed by atoms with van der Waals surface area (Å²) in [5, 5.41) is 3.15. The van der Waals surface area contributed by atoms with E-state index in [-0.39, 0.29) is 0 Å². The number of piperazine rings is 1. The van der Waals surface area contributed by atoms with Crippen LogP contribution < -0.4 is 5.32 Å². The number of alkyl halides is 3. The Bertz CT molecular complexity index is 419. The molecule has 1 fully saturated rings. The van der Waals surface area contributed by atoms with E-state index in [0.29, 0.717) is 36.3 Å². The van der Waals surface area contributed by atoms with Crippen molar-refractivity contribution in [2.45, 2.75) is 18.6 Å². The summed E-state index contributed by atoms with van der Waals surface area (Å²) < 4.78 is 38.9. The average molecular weight is 338 g/mol. The zero-order chi connectivity index (χ0) is 13.9. The van der Waals surface area contributed by atoms with Gasteiger partial charge >= 0.3 is 6.18 Å². The molecular weight excluding hydrogens is 323 g/mol. The van der Waals surface area contributed by atoms with Gasteiger partial charge in [0, 0.05) is 44.0 Å². The van der Waals surface area contributed by atoms with Gasteiger partial charge in [-0.15, -0.1) is 0 Å². The summed E-state index contributed by atoms with van der Waals surface area (Å²) >= 11 is 3.25. The van der Waals surface area contributed by atoms with E-state index in [1.54, 1.807) is 18.3 Å². The third kappa shape index (κ3) is 4.15. The maximum atomic E-state index is 12.8. The minimum atomic E-state index is -4.19. The first-order chi connectivity index (χ1) is 8.97. The molecule has 7 heteroatoms. The molecule has 1 aromatic heterocycles. The largest absolute Gasteiger partial charge is 0.390 e. The van der Waals surface area contributed by atoms with Gasteiger partial charge in [-0.3, -0.25) is 4.90 Å². The van der Waals surface area contributed by atoms with E-state index in [2.05, 4.69) is 26.2 Å². The van der Waals surface area contributed by atoms with E-state index < -0.39 is 18.6 Å². The zero-order valence-corrected chi connectivity index (χ0v) is 11.8. The lowest BCUT2D eigenvalue weighted by molar-refractivity contribution is -0.148. The topological polar surface area (TPSA) is 28.2 Å². The molecule has 19 heavy (non-hydrogen) atoms. The monoisotopic (exact) mass is 337 g/mol. The summed E-state index contributed by atoms with van der Waals surface area (Å²) in [6.07, 6.45) is -3.47. The van der Waals surface area contributed by atoms with Crippen LogP contribution in [-0.4, -0.2) is 42.2 Å². The molecule has 1 saturated heterocycles. The summed E-state index contributed by atoms with van der Waals surface area (Å²) in [5.41, 5.74) is 0.599. The van der Waals surface area contributed by atoms with Gasteiger partial charge in [0.05, 0.1) is 6.42 Å². The maximum absolute atomic E-state index is 12.8. The van der Waals surface area contributed by atoms with Crippen molar-refractivity contribution in [1.82, 2.24) is 15.2 Å². The van der Waals surface area contributed by atoms with Crippen molar-refractivity contribution >= 4 is 15.9 Å². The van der Waals surface area contributed by atoms with Gasteiger partial charge in [-0.25, -0.2) is 4.98 Å². The molecule has 0 aliphatic carbocycles. The number of aromatic nitrogens is 1. The molecule has 0 spiro atoms. The highest BCUT2D eigenvalue weighted by atomic mass is 79.9. The third-order valence-corrected chi connectivity index (χ3v) is 3.83. The predicted octanol–water partition coefficient (Wildman–Crippen LogP) is 2.74. The van der Waals surface area contributed by atoms with E-state index in [9.17, 15) is 13.2 Å². The fourth-order valence-corrected chi connectivity index (χ4v) is 2.81. The van der Waals surface area contributed by atoms with Gasteiger partial charge in [0.2, 0.25) is 0 Å². The van der Waals surface area contributed by atoms with Crippen molar-refractivity contribution in [3.05, 3.63) is 28.5 Å². The summed E-state index contributed by atoms with van der Waals surface area (Å²) in [6, 6.07) is 2.70. The molecular formula is C12H15BrF3N3. The molecule has 0 saturated carbocycles. The van der Waals surface area contributed by atoms with Crippen molar-refractivity contribution in [3.8, 4) is 0 Å². The molecule has 0 aromatic carbocycles. The summed E-state index contributed by atoms with van der Waals surface area (Å²) in [7, 11) is 0. The van der Waals surface area contributed by atoms with Crippen LogP contribution in [0.5, 0.6) is 0 Å². The van der Waals surface area contributed by atoms with E-state index in [4.69, 9.17) is 0 Å². The Morgan fingerprint density at radius 1 is 1.37 bits per heavy atom. The number of hydrogen-bond acceptors (Lipinski definition) is 3. The summed E-state index contributed by atoms with van der Waals surface area (Å²) in [4.78, 5) is 5.90. The van der Waals surface area contributed by atoms with Crippen LogP contribution in [0.1, 0.15) is 18.0 Å². The molecule has 106 valence electrons. The summed E-state index contributed by atoms with van der Waals surface area (Å²) in [6.45, 7) is 2.66. The first-order valence-electron chi connectivity index (χ1n) is 6.09. The smallest absolute Gasteiger partial charge is 0.314 e. The number of pyridine rings is 1. The van der Waals surface area contributed by atoms with E-state index in [1.807, 2.05) is 4.90 Å². The third-order valence-electron chi connectivity index (χ3n) is 3.16. The van der Waals surface area contributed by atoms with E-state index in [1.165, 1.54) is 0 Å². The molecule has 0 bridgehead atoms. The molecule has 2 rings (SSSR count). The lowest BCUT2D eigenvalue weighted by Gasteiger charge is -2.35. The van der Waals surface area contributed by atoms with Crippen LogP contribution in [0.25, 0.3) is 0 Å². The van der Waals surface area contributed by atoms with Crippen molar-refractivity contribution in [2.75, 3.05) is 26.2 Å². The second kappa shape index (κ2) is 6.19. The van der Waals surface area contributed by atoms with Gasteiger partial charge in [0.1, 0.15) is 4.60 Å². The normalized spacial score (nSPS) is 19.4. The van der Waals surface area contributed by atoms with Crippen molar-refractivity contribution in [3.63, 3.8) is 0 Å². The fourth-order valence-electron chi connectivity index (χ4n) is 2.30. The lowest BCUT2D eigenvalue weighted by atomic mass is 10.0. The number of hydrogen-bond donors (Lipinski definition) is 1. The number of rotatable bonds is 3. The Morgan fingerprint density at radius 2 is 2.05 bits per heavy atom. The molecule has 2 heterocycles. The van der Waals surface area contributed by atoms with Gasteiger partial charge < -0.3 is 5.32 Å². The van der Waals surface area contributed by atoms with Crippen molar-refractivity contribution in [1.29, 1.82) is 0 Å². The van der Waals surface area contributed by atoms with Crippen LogP contribution in [-0.2, 0) is 0 Å². The highest BCUT2D eigenvalue weighted by Crippen LogP contribution is 2.36. The standard InChI is InChI=1S/C12H15BrF3N3/c13-11-9(2-1-3-18-11)10(8-12(14,15)16)19-6-4-17-5-7-19/h1-3,10,17H,4-8H2/t10-/m1/s1. The Kier molecular flexibility index (Phi) is 4.81. The Hall–Kier alpha value is -0.660. The predicted molar refractivity (Wildman–Crippen MR) is 69.8 cm³/mol. The molecule has 1 aromatic rings. The zero-order valence-electron chi connectivity index (χ0n) is 10.3. The van der Waals surface area contributed by atoms with Crippen LogP contribution in [0.4, 0.5) is 13.2 Å². The number of nitrogens with one attached hydrogen (secondary N) is 1. The van der Waals surface area contributed by atoms with Gasteiger partial charge in [-0.05, 0) is 22.0 Å². The minimum absolute atomic E-state index is 0.489. The van der Waals surface area contributed by atoms with Crippen LogP contribution >= 0.6 is 15.9 Å². The Labute approximate surface area is 118 Å². The lowest BCUT2D eigenvalue weighted by Crippen LogP contribution is -2.46. The molecule has 1 aliphatic heterocycles. The second-order valence-corrected chi connectivity index (χ2v) is 5.26. The van der Waals surface area contributed by atoms with Crippen LogP contribution in [0.3, 0.4) is 0 Å². The molecule has 0 radical (unpaired) electrons. The van der Waals surface area contributed by atoms with Crippen molar-refractivity contribution in [2.24, 2.45) is 0 Å². The Morgan fingerprint density at radius 3 is 2.63 bits per heavy atom. The quantitative estimate of drug-likeness (QED) is 0.859. The molecule has 1 aliphatic rings. The van der Waals surface area contributed by atoms with Gasteiger partial charge in [-0.1, -0.05) is 6.07 Å². The second-order valence-electron chi connectivity index (χ2n) is 4.50. The number of nitrogens with zero attached hydrogens (tertiary/aromatic N) is 2. The number of halogens is 4. The highest BCUT2D eigenvalue weighted by Gasteiger charge is 2.36. The molecule has 0 amide bonds. The molecule has 0 unspecified atom stereocenters. The van der Waals surface area contributed by atoms with E-state index in [0.717, 1.165) is 0 Å². The minimum Gasteiger partial charge on any atom is -0.314 e.